The Morgan fingerprint density at radius 2 is 1.79 bits per heavy atom. The zero-order valence-corrected chi connectivity index (χ0v) is 23.8. The third kappa shape index (κ3) is 5.00. The molecule has 0 N–H and O–H groups in total. The van der Waals surface area contributed by atoms with E-state index < -0.39 is 6.04 Å². The Hall–Kier alpha value is -4.98. The van der Waals surface area contributed by atoms with E-state index in [4.69, 9.17) is 9.73 Å². The number of aliphatic imine (C=N–C) groups is 1. The number of ether oxygens (including phenoxy) is 1. The number of carbonyl (C=O) groups is 1. The van der Waals surface area contributed by atoms with Gasteiger partial charge in [-0.3, -0.25) is 24.1 Å². The highest BCUT2D eigenvalue weighted by atomic mass is 16.5. The summed E-state index contributed by atoms with van der Waals surface area (Å²) in [4.78, 5) is 45.9. The summed E-state index contributed by atoms with van der Waals surface area (Å²) in [5.41, 5.74) is 5.18. The quantitative estimate of drug-likeness (QED) is 0.240. The lowest BCUT2D eigenvalue weighted by Crippen LogP contribution is -2.24. The summed E-state index contributed by atoms with van der Waals surface area (Å²) in [6, 6.07) is 21.1. The van der Waals surface area contributed by atoms with Crippen LogP contribution in [0.15, 0.2) is 95.1 Å². The summed E-state index contributed by atoms with van der Waals surface area (Å²) < 4.78 is 6.84. The molecule has 42 heavy (non-hydrogen) atoms. The van der Waals surface area contributed by atoms with E-state index in [-0.39, 0.29) is 29.7 Å². The molecule has 0 saturated carbocycles. The predicted molar refractivity (Wildman–Crippen MR) is 163 cm³/mol. The SMILES string of the molecule is CCC1Cc2cccnc2C(=NC(C)c2cc3cccc(-c4cnc(OC)nc4)c3c(=O)n2-c2ccccc2)CC1=O. The molecule has 8 nitrogen and oxygen atoms in total. The van der Waals surface area contributed by atoms with Crippen molar-refractivity contribution >= 4 is 22.3 Å². The van der Waals surface area contributed by atoms with Crippen molar-refractivity contribution in [2.45, 2.75) is 39.2 Å². The van der Waals surface area contributed by atoms with Gasteiger partial charge >= 0.3 is 6.01 Å². The average Bonchev–Trinajstić information content (AvgIpc) is 3.16. The van der Waals surface area contributed by atoms with Gasteiger partial charge in [0.05, 0.1) is 42.1 Å². The topological polar surface area (TPSA) is 99.3 Å². The fraction of sp³-hybridized carbons (Fsp3) is 0.235. The Labute approximate surface area is 243 Å². The van der Waals surface area contributed by atoms with Crippen LogP contribution in [0.3, 0.4) is 0 Å². The van der Waals surface area contributed by atoms with Gasteiger partial charge in [0.2, 0.25) is 0 Å². The van der Waals surface area contributed by atoms with Crippen molar-refractivity contribution in [3.8, 4) is 22.8 Å². The molecular formula is C34H31N5O3. The molecule has 0 amide bonds. The van der Waals surface area contributed by atoms with Crippen LogP contribution in [0.25, 0.3) is 27.6 Å². The molecule has 2 atom stereocenters. The van der Waals surface area contributed by atoms with E-state index in [0.29, 0.717) is 23.1 Å². The second kappa shape index (κ2) is 11.5. The molecule has 0 bridgehead atoms. The maximum absolute atomic E-state index is 14.4. The summed E-state index contributed by atoms with van der Waals surface area (Å²) in [5.74, 6) is 0.117. The Morgan fingerprint density at radius 3 is 2.52 bits per heavy atom. The first kappa shape index (κ1) is 27.2. The summed E-state index contributed by atoms with van der Waals surface area (Å²) >= 11 is 0. The first-order valence-corrected chi connectivity index (χ1v) is 14.1. The third-order valence-electron chi connectivity index (χ3n) is 7.91. The first-order valence-electron chi connectivity index (χ1n) is 14.1. The third-order valence-corrected chi connectivity index (χ3v) is 7.91. The number of methoxy groups -OCH3 is 1. The molecule has 0 saturated heterocycles. The smallest absolute Gasteiger partial charge is 0.316 e. The van der Waals surface area contributed by atoms with Gasteiger partial charge in [0, 0.05) is 35.8 Å². The monoisotopic (exact) mass is 557 g/mol. The molecule has 1 aliphatic rings. The Balaban J connectivity index is 1.55. The van der Waals surface area contributed by atoms with Gasteiger partial charge in [-0.2, -0.15) is 0 Å². The van der Waals surface area contributed by atoms with Gasteiger partial charge in [-0.15, -0.1) is 0 Å². The van der Waals surface area contributed by atoms with Crippen molar-refractivity contribution < 1.29 is 9.53 Å². The van der Waals surface area contributed by atoms with Crippen LogP contribution in [-0.2, 0) is 11.2 Å². The van der Waals surface area contributed by atoms with Gasteiger partial charge in [0.1, 0.15) is 5.78 Å². The van der Waals surface area contributed by atoms with E-state index in [0.717, 1.165) is 40.0 Å². The number of ketones is 1. The summed E-state index contributed by atoms with van der Waals surface area (Å²) in [7, 11) is 1.51. The maximum Gasteiger partial charge on any atom is 0.316 e. The molecule has 3 aromatic heterocycles. The van der Waals surface area contributed by atoms with Crippen molar-refractivity contribution in [1.82, 2.24) is 19.5 Å². The lowest BCUT2D eigenvalue weighted by Gasteiger charge is -2.20. The van der Waals surface area contributed by atoms with Gasteiger partial charge in [0.15, 0.2) is 0 Å². The second-order valence-corrected chi connectivity index (χ2v) is 10.5. The lowest BCUT2D eigenvalue weighted by atomic mass is 9.94. The number of aromatic nitrogens is 4. The molecular weight excluding hydrogens is 526 g/mol. The average molecular weight is 558 g/mol. The van der Waals surface area contributed by atoms with E-state index in [1.807, 2.05) is 80.6 Å². The van der Waals surface area contributed by atoms with Crippen molar-refractivity contribution in [3.05, 3.63) is 113 Å². The van der Waals surface area contributed by atoms with Gasteiger partial charge in [-0.1, -0.05) is 49.4 Å². The molecule has 6 rings (SSSR count). The van der Waals surface area contributed by atoms with Gasteiger partial charge in [0.25, 0.3) is 5.56 Å². The fourth-order valence-electron chi connectivity index (χ4n) is 5.75. The van der Waals surface area contributed by atoms with Crippen molar-refractivity contribution in [1.29, 1.82) is 0 Å². The minimum absolute atomic E-state index is 0.0560. The zero-order valence-electron chi connectivity index (χ0n) is 23.8. The number of hydrogen-bond donors (Lipinski definition) is 0. The summed E-state index contributed by atoms with van der Waals surface area (Å²) in [5, 5.41) is 1.34. The van der Waals surface area contributed by atoms with Crippen LogP contribution < -0.4 is 10.3 Å². The van der Waals surface area contributed by atoms with Crippen LogP contribution in [0.2, 0.25) is 0 Å². The van der Waals surface area contributed by atoms with Crippen molar-refractivity contribution in [2.75, 3.05) is 7.11 Å². The van der Waals surface area contributed by atoms with E-state index in [1.54, 1.807) is 23.2 Å². The number of rotatable bonds is 6. The van der Waals surface area contributed by atoms with Crippen molar-refractivity contribution in [2.24, 2.45) is 10.9 Å². The van der Waals surface area contributed by atoms with Crippen LogP contribution in [0.4, 0.5) is 0 Å². The summed E-state index contributed by atoms with van der Waals surface area (Å²) in [6.07, 6.45) is 6.72. The number of hydrogen-bond acceptors (Lipinski definition) is 7. The van der Waals surface area contributed by atoms with E-state index in [9.17, 15) is 9.59 Å². The Bertz CT molecular complexity index is 1860. The molecule has 5 aromatic rings. The highest BCUT2D eigenvalue weighted by Crippen LogP contribution is 2.31. The predicted octanol–water partition coefficient (Wildman–Crippen LogP) is 5.94. The standard InChI is InChI=1S/C34H31N5O3/c1-4-22-16-24-11-9-15-35-32(24)28(18-30(22)40)38-21(2)29-17-23-10-8-14-27(25-19-36-34(42-3)37-20-25)31(23)33(41)39(29)26-12-6-5-7-13-26/h5-15,17,19-22H,4,16,18H2,1-3H3. The molecule has 1 aliphatic carbocycles. The first-order chi connectivity index (χ1) is 20.5. The number of Topliss-reactive ketones (excluding diaryl/α,β-unsaturated/α-hetero) is 1. The van der Waals surface area contributed by atoms with Crippen LogP contribution in [0.1, 0.15) is 49.7 Å². The normalized spacial score (nSPS) is 16.7. The number of benzene rings is 2. The van der Waals surface area contributed by atoms with Crippen LogP contribution in [0.5, 0.6) is 6.01 Å². The fourth-order valence-corrected chi connectivity index (χ4v) is 5.75. The molecule has 0 radical (unpaired) electrons. The number of para-hydroxylation sites is 1. The van der Waals surface area contributed by atoms with E-state index in [1.165, 1.54) is 7.11 Å². The number of nitrogens with zero attached hydrogens (tertiary/aromatic N) is 5. The molecule has 3 heterocycles. The van der Waals surface area contributed by atoms with Crippen LogP contribution in [-0.4, -0.2) is 38.1 Å². The minimum atomic E-state index is -0.439. The molecule has 2 aromatic carbocycles. The highest BCUT2D eigenvalue weighted by Gasteiger charge is 2.28. The molecule has 0 aliphatic heterocycles. The molecule has 2 unspecified atom stereocenters. The number of pyridine rings is 2. The minimum Gasteiger partial charge on any atom is -0.467 e. The van der Waals surface area contributed by atoms with Gasteiger partial charge < -0.3 is 4.74 Å². The maximum atomic E-state index is 14.4. The molecule has 0 fully saturated rings. The van der Waals surface area contributed by atoms with E-state index >= 15 is 0 Å². The van der Waals surface area contributed by atoms with E-state index in [2.05, 4.69) is 15.0 Å². The van der Waals surface area contributed by atoms with Crippen LogP contribution in [0, 0.1) is 5.92 Å². The van der Waals surface area contributed by atoms with Crippen LogP contribution >= 0.6 is 0 Å². The molecule has 0 spiro atoms. The Morgan fingerprint density at radius 1 is 1.00 bits per heavy atom. The Kier molecular flexibility index (Phi) is 7.44. The zero-order chi connectivity index (χ0) is 29.2. The van der Waals surface area contributed by atoms with Crippen molar-refractivity contribution in [3.63, 3.8) is 0 Å². The highest BCUT2D eigenvalue weighted by molar-refractivity contribution is 6.12. The number of carbonyl (C=O) groups excluding carboxylic acids is 1. The largest absolute Gasteiger partial charge is 0.467 e. The number of fused-ring (bicyclic) bond motifs is 2. The van der Waals surface area contributed by atoms with Gasteiger partial charge in [-0.05, 0) is 60.5 Å². The molecule has 8 heteroatoms. The molecule has 210 valence electrons. The van der Waals surface area contributed by atoms with Gasteiger partial charge in [-0.25, -0.2) is 9.97 Å². The lowest BCUT2D eigenvalue weighted by molar-refractivity contribution is -0.121. The summed E-state index contributed by atoms with van der Waals surface area (Å²) in [6.45, 7) is 4.01. The second-order valence-electron chi connectivity index (χ2n) is 10.5.